The van der Waals surface area contributed by atoms with Crippen LogP contribution in [-0.2, 0) is 20.8 Å². The molecule has 1 aromatic rings. The van der Waals surface area contributed by atoms with Gasteiger partial charge in [-0.15, -0.1) is 24.0 Å². The van der Waals surface area contributed by atoms with Crippen LogP contribution in [0.3, 0.4) is 0 Å². The number of esters is 1. The van der Waals surface area contributed by atoms with E-state index in [9.17, 15) is 4.79 Å². The van der Waals surface area contributed by atoms with E-state index in [1.165, 1.54) is 20.0 Å². The van der Waals surface area contributed by atoms with Gasteiger partial charge in [0.25, 0.3) is 0 Å². The molecular weight excluding hydrogens is 513 g/mol. The van der Waals surface area contributed by atoms with E-state index in [2.05, 4.69) is 17.1 Å². The minimum Gasteiger partial charge on any atom is -0.465 e. The zero-order valence-electron chi connectivity index (χ0n) is 18.9. The second kappa shape index (κ2) is 13.3. The lowest BCUT2D eigenvalue weighted by Crippen LogP contribution is -2.47. The van der Waals surface area contributed by atoms with Crippen LogP contribution in [0.1, 0.15) is 60.9 Å². The first-order valence-corrected chi connectivity index (χ1v) is 11.0. The molecule has 1 aromatic heterocycles. The summed E-state index contributed by atoms with van der Waals surface area (Å²) in [6, 6.07) is 1.71. The molecule has 8 nitrogen and oxygen atoms in total. The fourth-order valence-electron chi connectivity index (χ4n) is 3.93. The van der Waals surface area contributed by atoms with Crippen LogP contribution in [0.15, 0.2) is 15.5 Å². The third-order valence-corrected chi connectivity index (χ3v) is 5.63. The van der Waals surface area contributed by atoms with Gasteiger partial charge in [-0.25, -0.2) is 9.79 Å². The predicted molar refractivity (Wildman–Crippen MR) is 129 cm³/mol. The first-order chi connectivity index (χ1) is 14.6. The van der Waals surface area contributed by atoms with Crippen LogP contribution < -0.4 is 5.32 Å². The normalized spacial score (nSPS) is 20.3. The average Bonchev–Trinajstić information content (AvgIpc) is 3.16. The predicted octanol–water partition coefficient (Wildman–Crippen LogP) is 3.51. The zero-order chi connectivity index (χ0) is 21.3. The largest absolute Gasteiger partial charge is 0.465 e. The Balaban J connectivity index is 0.00000341. The Hall–Kier alpha value is -1.33. The summed E-state index contributed by atoms with van der Waals surface area (Å²) < 4.78 is 22.3. The number of hydrogen-bond donors (Lipinski definition) is 1. The van der Waals surface area contributed by atoms with Gasteiger partial charge in [-0.3, -0.25) is 0 Å². The van der Waals surface area contributed by atoms with Crippen molar-refractivity contribution in [1.82, 2.24) is 10.2 Å². The summed E-state index contributed by atoms with van der Waals surface area (Å²) in [7, 11) is 1.37. The van der Waals surface area contributed by atoms with Gasteiger partial charge >= 0.3 is 5.97 Å². The first kappa shape index (κ1) is 25.9. The van der Waals surface area contributed by atoms with Crippen molar-refractivity contribution in [2.75, 3.05) is 40.0 Å². The molecule has 0 bridgehead atoms. The molecule has 31 heavy (non-hydrogen) atoms. The molecular formula is C22H36IN3O5. The van der Waals surface area contributed by atoms with Crippen LogP contribution in [0, 0.1) is 6.92 Å². The summed E-state index contributed by atoms with van der Waals surface area (Å²) in [5.74, 6) is 1.67. The molecule has 1 N–H and O–H groups in total. The Kier molecular flexibility index (Phi) is 11.1. The molecule has 2 aliphatic heterocycles. The van der Waals surface area contributed by atoms with Gasteiger partial charge in [0.2, 0.25) is 0 Å². The Labute approximate surface area is 202 Å². The van der Waals surface area contributed by atoms with Gasteiger partial charge in [0.1, 0.15) is 23.6 Å². The monoisotopic (exact) mass is 549 g/mol. The number of likely N-dealkylation sites (tertiary alicyclic amines) is 1. The quantitative estimate of drug-likeness (QED) is 0.241. The number of carbonyl (C=O) groups is 1. The lowest BCUT2D eigenvalue weighted by Gasteiger charge is -2.35. The van der Waals surface area contributed by atoms with Gasteiger partial charge in [-0.05, 0) is 52.0 Å². The lowest BCUT2D eigenvalue weighted by atomic mass is 10.1. The number of methoxy groups -OCH3 is 1. The van der Waals surface area contributed by atoms with Crippen LogP contribution >= 0.6 is 24.0 Å². The molecule has 3 rings (SSSR count). The van der Waals surface area contributed by atoms with Crippen molar-refractivity contribution in [3.63, 3.8) is 0 Å². The van der Waals surface area contributed by atoms with Crippen molar-refractivity contribution in [3.8, 4) is 0 Å². The molecule has 0 spiro atoms. The van der Waals surface area contributed by atoms with E-state index in [1.807, 2.05) is 0 Å². The number of nitrogens with one attached hydrogen (secondary N) is 1. The average molecular weight is 549 g/mol. The highest BCUT2D eigenvalue weighted by Gasteiger charge is 2.24. The van der Waals surface area contributed by atoms with E-state index < -0.39 is 0 Å². The SMILES string of the molecule is CCNC(=NCc1cc(C(=O)OC)c(C)o1)N1CCC(OCC2CCCCO2)CC1.I. The van der Waals surface area contributed by atoms with E-state index in [0.717, 1.165) is 51.5 Å². The van der Waals surface area contributed by atoms with Gasteiger partial charge in [-0.1, -0.05) is 0 Å². The third-order valence-electron chi connectivity index (χ3n) is 5.63. The molecule has 1 atom stereocenters. The number of carbonyl (C=O) groups excluding carboxylic acids is 1. The summed E-state index contributed by atoms with van der Waals surface area (Å²) in [6.45, 7) is 8.34. The molecule has 9 heteroatoms. The van der Waals surface area contributed by atoms with Crippen LogP contribution in [0.25, 0.3) is 0 Å². The standard InChI is InChI=1S/C22H35N3O5.HI/c1-4-23-22(24-14-19-13-20(16(2)30-19)21(26)27-3)25-10-8-17(9-11-25)29-15-18-7-5-6-12-28-18;/h13,17-18H,4-12,14-15H2,1-3H3,(H,23,24);1H. The van der Waals surface area contributed by atoms with Crippen molar-refractivity contribution in [2.24, 2.45) is 4.99 Å². The van der Waals surface area contributed by atoms with Gasteiger partial charge in [0, 0.05) is 26.2 Å². The van der Waals surface area contributed by atoms with Crippen molar-refractivity contribution in [3.05, 3.63) is 23.2 Å². The lowest BCUT2D eigenvalue weighted by molar-refractivity contribution is -0.0721. The van der Waals surface area contributed by atoms with Crippen molar-refractivity contribution in [1.29, 1.82) is 0 Å². The van der Waals surface area contributed by atoms with Crippen LogP contribution in [0.4, 0.5) is 0 Å². The second-order valence-electron chi connectivity index (χ2n) is 7.85. The fourth-order valence-corrected chi connectivity index (χ4v) is 3.93. The number of halogens is 1. The molecule has 176 valence electrons. The number of aliphatic imine (C=N–C) groups is 1. The molecule has 0 aromatic carbocycles. The topological polar surface area (TPSA) is 85.5 Å². The van der Waals surface area contributed by atoms with Gasteiger partial charge in [0.15, 0.2) is 5.96 Å². The van der Waals surface area contributed by atoms with E-state index in [-0.39, 0.29) is 42.2 Å². The van der Waals surface area contributed by atoms with Crippen LogP contribution in [0.5, 0.6) is 0 Å². The van der Waals surface area contributed by atoms with Crippen molar-refractivity contribution in [2.45, 2.75) is 64.7 Å². The summed E-state index contributed by atoms with van der Waals surface area (Å²) in [5.41, 5.74) is 0.451. The van der Waals surface area contributed by atoms with Crippen LogP contribution in [0.2, 0.25) is 0 Å². The zero-order valence-corrected chi connectivity index (χ0v) is 21.2. The number of nitrogens with zero attached hydrogens (tertiary/aromatic N) is 2. The Morgan fingerprint density at radius 2 is 2.06 bits per heavy atom. The minimum atomic E-state index is -0.390. The first-order valence-electron chi connectivity index (χ1n) is 11.0. The number of aryl methyl sites for hydroxylation is 1. The third kappa shape index (κ3) is 7.64. The maximum atomic E-state index is 11.8. The molecule has 2 saturated heterocycles. The number of rotatable bonds is 7. The van der Waals surface area contributed by atoms with Gasteiger partial charge < -0.3 is 28.8 Å². The van der Waals surface area contributed by atoms with Crippen LogP contribution in [-0.4, -0.2) is 69.0 Å². The molecule has 3 heterocycles. The van der Waals surface area contributed by atoms with E-state index in [0.29, 0.717) is 30.2 Å². The van der Waals surface area contributed by atoms with E-state index >= 15 is 0 Å². The van der Waals surface area contributed by atoms with E-state index in [4.69, 9.17) is 23.6 Å². The smallest absolute Gasteiger partial charge is 0.341 e. The molecule has 0 aliphatic carbocycles. The Bertz CT molecular complexity index is 710. The van der Waals surface area contributed by atoms with Gasteiger partial charge in [-0.2, -0.15) is 0 Å². The summed E-state index contributed by atoms with van der Waals surface area (Å²) in [6.07, 6.45) is 6.02. The molecule has 1 unspecified atom stereocenters. The highest BCUT2D eigenvalue weighted by Crippen LogP contribution is 2.19. The van der Waals surface area contributed by atoms with Gasteiger partial charge in [0.05, 0.1) is 25.9 Å². The summed E-state index contributed by atoms with van der Waals surface area (Å²) in [4.78, 5) is 18.7. The maximum Gasteiger partial charge on any atom is 0.341 e. The maximum absolute atomic E-state index is 11.8. The van der Waals surface area contributed by atoms with Crippen molar-refractivity contribution >= 4 is 35.9 Å². The van der Waals surface area contributed by atoms with E-state index in [1.54, 1.807) is 13.0 Å². The molecule has 0 saturated carbocycles. The number of hydrogen-bond acceptors (Lipinski definition) is 6. The minimum absolute atomic E-state index is 0. The highest BCUT2D eigenvalue weighted by atomic mass is 127. The molecule has 0 radical (unpaired) electrons. The number of ether oxygens (including phenoxy) is 3. The number of piperidine rings is 1. The Morgan fingerprint density at radius 3 is 2.71 bits per heavy atom. The second-order valence-corrected chi connectivity index (χ2v) is 7.85. The highest BCUT2D eigenvalue weighted by molar-refractivity contribution is 14.0. The number of guanidine groups is 1. The molecule has 2 fully saturated rings. The molecule has 2 aliphatic rings. The number of furan rings is 1. The Morgan fingerprint density at radius 1 is 1.29 bits per heavy atom. The molecule has 0 amide bonds. The summed E-state index contributed by atoms with van der Waals surface area (Å²) >= 11 is 0. The van der Waals surface area contributed by atoms with Crippen molar-refractivity contribution < 1.29 is 23.4 Å². The summed E-state index contributed by atoms with van der Waals surface area (Å²) in [5, 5.41) is 3.36. The fraction of sp³-hybridized carbons (Fsp3) is 0.727.